The summed E-state index contributed by atoms with van der Waals surface area (Å²) in [7, 11) is 1.69. The molecule has 0 aliphatic heterocycles. The molecule has 18 heavy (non-hydrogen) atoms. The topological polar surface area (TPSA) is 45.0 Å². The lowest BCUT2D eigenvalue weighted by atomic mass is 9.97. The van der Waals surface area contributed by atoms with E-state index in [2.05, 4.69) is 31.3 Å². The molecular weight excluding hydrogens is 224 g/mol. The van der Waals surface area contributed by atoms with Crippen molar-refractivity contribution in [2.75, 3.05) is 20.2 Å². The van der Waals surface area contributed by atoms with Gasteiger partial charge in [-0.25, -0.2) is 0 Å². The van der Waals surface area contributed by atoms with E-state index in [0.717, 1.165) is 25.3 Å². The number of hydrogen-bond acceptors (Lipinski definition) is 3. The Kier molecular flexibility index (Phi) is 6.24. The van der Waals surface area contributed by atoms with Gasteiger partial charge in [0, 0.05) is 6.54 Å². The van der Waals surface area contributed by atoms with E-state index in [9.17, 15) is 0 Å². The maximum Gasteiger partial charge on any atom is 0.122 e. The van der Waals surface area contributed by atoms with Gasteiger partial charge in [-0.05, 0) is 30.5 Å². The number of hydrogen-bond donors (Lipinski definition) is 1. The van der Waals surface area contributed by atoms with Gasteiger partial charge in [-0.3, -0.25) is 0 Å². The average molecular weight is 246 g/mol. The van der Waals surface area contributed by atoms with E-state index in [-0.39, 0.29) is 5.92 Å². The van der Waals surface area contributed by atoms with Crippen LogP contribution in [0.15, 0.2) is 24.3 Å². The molecule has 0 amide bonds. The van der Waals surface area contributed by atoms with Crippen molar-refractivity contribution in [1.82, 2.24) is 5.32 Å². The fourth-order valence-electron chi connectivity index (χ4n) is 1.82. The largest absolute Gasteiger partial charge is 0.496 e. The molecule has 1 N–H and O–H groups in total. The molecule has 0 fully saturated rings. The summed E-state index contributed by atoms with van der Waals surface area (Å²) in [4.78, 5) is 0. The quantitative estimate of drug-likeness (QED) is 0.752. The van der Waals surface area contributed by atoms with Gasteiger partial charge in [0.1, 0.15) is 5.75 Å². The van der Waals surface area contributed by atoms with Crippen LogP contribution < -0.4 is 10.1 Å². The number of nitrogens with zero attached hydrogens (tertiary/aromatic N) is 1. The van der Waals surface area contributed by atoms with Gasteiger partial charge in [0.2, 0.25) is 0 Å². The minimum absolute atomic E-state index is 0.0858. The van der Waals surface area contributed by atoms with Crippen molar-refractivity contribution in [3.05, 3.63) is 29.8 Å². The third-order valence-corrected chi connectivity index (χ3v) is 3.10. The minimum Gasteiger partial charge on any atom is -0.496 e. The lowest BCUT2D eigenvalue weighted by molar-refractivity contribution is 0.407. The third-order valence-electron chi connectivity index (χ3n) is 3.10. The Morgan fingerprint density at radius 3 is 2.67 bits per heavy atom. The van der Waals surface area contributed by atoms with Gasteiger partial charge in [-0.1, -0.05) is 32.0 Å². The highest BCUT2D eigenvalue weighted by Crippen LogP contribution is 2.17. The molecule has 0 aromatic heterocycles. The maximum absolute atomic E-state index is 8.98. The van der Waals surface area contributed by atoms with Crippen LogP contribution in [0.5, 0.6) is 5.75 Å². The molecule has 0 saturated carbocycles. The summed E-state index contributed by atoms with van der Waals surface area (Å²) in [6.07, 6.45) is 0.917. The molecule has 0 aliphatic rings. The number of nitrogens with one attached hydrogen (secondary N) is 1. The summed E-state index contributed by atoms with van der Waals surface area (Å²) in [6.45, 7) is 5.78. The summed E-state index contributed by atoms with van der Waals surface area (Å²) in [5.74, 6) is 1.41. The smallest absolute Gasteiger partial charge is 0.122 e. The van der Waals surface area contributed by atoms with Crippen molar-refractivity contribution in [3.63, 3.8) is 0 Å². The molecule has 3 nitrogen and oxygen atoms in total. The number of benzene rings is 1. The molecule has 1 unspecified atom stereocenters. The Labute approximate surface area is 110 Å². The third kappa shape index (κ3) is 4.38. The molecule has 3 heteroatoms. The summed E-state index contributed by atoms with van der Waals surface area (Å²) < 4.78 is 5.30. The van der Waals surface area contributed by atoms with E-state index in [4.69, 9.17) is 10.00 Å². The van der Waals surface area contributed by atoms with Gasteiger partial charge < -0.3 is 10.1 Å². The van der Waals surface area contributed by atoms with E-state index in [0.29, 0.717) is 5.92 Å². The second-order valence-corrected chi connectivity index (χ2v) is 4.75. The molecule has 0 radical (unpaired) electrons. The van der Waals surface area contributed by atoms with E-state index < -0.39 is 0 Å². The lowest BCUT2D eigenvalue weighted by Gasteiger charge is -2.14. The molecule has 1 aromatic rings. The Morgan fingerprint density at radius 1 is 1.33 bits per heavy atom. The Hall–Kier alpha value is -1.53. The van der Waals surface area contributed by atoms with Crippen LogP contribution in [0.3, 0.4) is 0 Å². The maximum atomic E-state index is 8.98. The first kappa shape index (κ1) is 14.5. The van der Waals surface area contributed by atoms with Crippen molar-refractivity contribution in [3.8, 4) is 11.8 Å². The Morgan fingerprint density at radius 2 is 2.06 bits per heavy atom. The first-order chi connectivity index (χ1) is 8.69. The molecular formula is C15H22N2O. The zero-order chi connectivity index (χ0) is 13.4. The highest BCUT2D eigenvalue weighted by Gasteiger charge is 2.11. The molecule has 0 saturated heterocycles. The zero-order valence-corrected chi connectivity index (χ0v) is 11.4. The van der Waals surface area contributed by atoms with Gasteiger partial charge in [-0.2, -0.15) is 5.26 Å². The van der Waals surface area contributed by atoms with E-state index in [1.807, 2.05) is 18.2 Å². The van der Waals surface area contributed by atoms with Crippen molar-refractivity contribution in [1.29, 1.82) is 5.26 Å². The number of rotatable bonds is 7. The summed E-state index contributed by atoms with van der Waals surface area (Å²) in [6, 6.07) is 10.4. The van der Waals surface area contributed by atoms with Crippen molar-refractivity contribution >= 4 is 0 Å². The van der Waals surface area contributed by atoms with Gasteiger partial charge >= 0.3 is 0 Å². The monoisotopic (exact) mass is 246 g/mol. The standard InChI is InChI=1S/C15H22N2O/c1-12(2)14(10-16)11-17-9-8-13-6-4-5-7-15(13)18-3/h4-7,12,14,17H,8-9,11H2,1-3H3. The van der Waals surface area contributed by atoms with Gasteiger partial charge in [0.05, 0.1) is 19.1 Å². The van der Waals surface area contributed by atoms with Crippen LogP contribution >= 0.6 is 0 Å². The zero-order valence-electron chi connectivity index (χ0n) is 11.4. The van der Waals surface area contributed by atoms with E-state index >= 15 is 0 Å². The van der Waals surface area contributed by atoms with Crippen LogP contribution in [0, 0.1) is 23.2 Å². The molecule has 1 aromatic carbocycles. The average Bonchev–Trinajstić information content (AvgIpc) is 2.38. The number of ether oxygens (including phenoxy) is 1. The predicted octanol–water partition coefficient (Wildman–Crippen LogP) is 2.62. The minimum atomic E-state index is 0.0858. The molecule has 98 valence electrons. The Bertz CT molecular complexity index is 396. The van der Waals surface area contributed by atoms with Crippen LogP contribution in [0.4, 0.5) is 0 Å². The van der Waals surface area contributed by atoms with Crippen molar-refractivity contribution in [2.45, 2.75) is 20.3 Å². The number of para-hydroxylation sites is 1. The molecule has 0 bridgehead atoms. The fourth-order valence-corrected chi connectivity index (χ4v) is 1.82. The van der Waals surface area contributed by atoms with Crippen molar-refractivity contribution < 1.29 is 4.74 Å². The SMILES string of the molecule is COc1ccccc1CCNCC(C#N)C(C)C. The highest BCUT2D eigenvalue weighted by atomic mass is 16.5. The molecule has 0 heterocycles. The normalized spacial score (nSPS) is 12.2. The van der Waals surface area contributed by atoms with Crippen LogP contribution in [0.1, 0.15) is 19.4 Å². The van der Waals surface area contributed by atoms with E-state index in [1.54, 1.807) is 7.11 Å². The fraction of sp³-hybridized carbons (Fsp3) is 0.533. The summed E-state index contributed by atoms with van der Waals surface area (Å²) in [5.41, 5.74) is 1.20. The lowest BCUT2D eigenvalue weighted by Crippen LogP contribution is -2.27. The molecule has 1 atom stereocenters. The molecule has 0 aliphatic carbocycles. The summed E-state index contributed by atoms with van der Waals surface area (Å²) >= 11 is 0. The number of methoxy groups -OCH3 is 1. The second-order valence-electron chi connectivity index (χ2n) is 4.75. The van der Waals surface area contributed by atoms with Crippen LogP contribution in [-0.4, -0.2) is 20.2 Å². The van der Waals surface area contributed by atoms with Gasteiger partial charge in [0.15, 0.2) is 0 Å². The first-order valence-corrected chi connectivity index (χ1v) is 6.41. The second kappa shape index (κ2) is 7.73. The molecule has 0 spiro atoms. The molecule has 1 rings (SSSR count). The van der Waals surface area contributed by atoms with Crippen LogP contribution in [0.25, 0.3) is 0 Å². The van der Waals surface area contributed by atoms with Crippen LogP contribution in [-0.2, 0) is 6.42 Å². The highest BCUT2D eigenvalue weighted by molar-refractivity contribution is 5.33. The number of nitriles is 1. The van der Waals surface area contributed by atoms with Gasteiger partial charge in [0.25, 0.3) is 0 Å². The van der Waals surface area contributed by atoms with Gasteiger partial charge in [-0.15, -0.1) is 0 Å². The van der Waals surface area contributed by atoms with Crippen molar-refractivity contribution in [2.24, 2.45) is 11.8 Å². The first-order valence-electron chi connectivity index (χ1n) is 6.41. The summed E-state index contributed by atoms with van der Waals surface area (Å²) in [5, 5.41) is 12.3. The predicted molar refractivity (Wildman–Crippen MR) is 73.5 cm³/mol. The van der Waals surface area contributed by atoms with E-state index in [1.165, 1.54) is 5.56 Å². The Balaban J connectivity index is 2.36. The van der Waals surface area contributed by atoms with Crippen LogP contribution in [0.2, 0.25) is 0 Å².